The second kappa shape index (κ2) is 7.23. The van der Waals surface area contributed by atoms with Crippen molar-refractivity contribution in [3.63, 3.8) is 0 Å². The SMILES string of the molecule is Cc1cc(C(=O)CNCCCN(C)C)c(C)n1C(C)(C)C. The van der Waals surface area contributed by atoms with Crippen molar-refractivity contribution in [3.8, 4) is 0 Å². The molecule has 1 heterocycles. The molecule has 0 aliphatic carbocycles. The molecular formula is C17H31N3O. The second-order valence-electron chi connectivity index (χ2n) is 7.05. The summed E-state index contributed by atoms with van der Waals surface area (Å²) < 4.78 is 2.24. The Morgan fingerprint density at radius 2 is 1.90 bits per heavy atom. The van der Waals surface area contributed by atoms with Crippen LogP contribution in [0, 0.1) is 13.8 Å². The van der Waals surface area contributed by atoms with Crippen molar-refractivity contribution in [1.82, 2.24) is 14.8 Å². The van der Waals surface area contributed by atoms with Crippen LogP contribution in [0.5, 0.6) is 0 Å². The van der Waals surface area contributed by atoms with Gasteiger partial charge in [0.2, 0.25) is 0 Å². The van der Waals surface area contributed by atoms with Gasteiger partial charge in [0.15, 0.2) is 5.78 Å². The van der Waals surface area contributed by atoms with E-state index in [2.05, 4.69) is 56.6 Å². The Hall–Kier alpha value is -1.13. The van der Waals surface area contributed by atoms with Crippen molar-refractivity contribution in [2.24, 2.45) is 0 Å². The third-order valence-electron chi connectivity index (χ3n) is 3.65. The van der Waals surface area contributed by atoms with E-state index >= 15 is 0 Å². The lowest BCUT2D eigenvalue weighted by Crippen LogP contribution is -2.27. The molecule has 0 spiro atoms. The lowest BCUT2D eigenvalue weighted by molar-refractivity contribution is 0.0990. The van der Waals surface area contributed by atoms with Crippen LogP contribution >= 0.6 is 0 Å². The number of Topliss-reactive ketones (excluding diaryl/α,β-unsaturated/α-hetero) is 1. The molecule has 0 saturated carbocycles. The van der Waals surface area contributed by atoms with E-state index < -0.39 is 0 Å². The summed E-state index contributed by atoms with van der Waals surface area (Å²) in [5, 5.41) is 3.25. The van der Waals surface area contributed by atoms with Crippen molar-refractivity contribution < 1.29 is 4.79 Å². The van der Waals surface area contributed by atoms with Gasteiger partial charge in [-0.1, -0.05) is 0 Å². The van der Waals surface area contributed by atoms with Gasteiger partial charge < -0.3 is 14.8 Å². The van der Waals surface area contributed by atoms with Crippen LogP contribution in [0.25, 0.3) is 0 Å². The van der Waals surface area contributed by atoms with Crippen molar-refractivity contribution in [3.05, 3.63) is 23.0 Å². The van der Waals surface area contributed by atoms with E-state index in [-0.39, 0.29) is 11.3 Å². The molecule has 1 aromatic heterocycles. The van der Waals surface area contributed by atoms with Gasteiger partial charge in [0, 0.05) is 22.5 Å². The zero-order chi connectivity index (χ0) is 16.2. The number of carbonyl (C=O) groups excluding carboxylic acids is 1. The molecule has 1 aromatic rings. The summed E-state index contributed by atoms with van der Waals surface area (Å²) in [4.78, 5) is 14.5. The van der Waals surface area contributed by atoms with E-state index in [0.29, 0.717) is 6.54 Å². The highest BCUT2D eigenvalue weighted by Crippen LogP contribution is 2.24. The van der Waals surface area contributed by atoms with Crippen LogP contribution in [-0.2, 0) is 5.54 Å². The highest BCUT2D eigenvalue weighted by Gasteiger charge is 2.22. The first-order valence-electron chi connectivity index (χ1n) is 7.72. The number of aryl methyl sites for hydroxylation is 1. The maximum Gasteiger partial charge on any atom is 0.178 e. The summed E-state index contributed by atoms with van der Waals surface area (Å²) in [6.07, 6.45) is 1.06. The second-order valence-corrected chi connectivity index (χ2v) is 7.05. The summed E-state index contributed by atoms with van der Waals surface area (Å²) in [5.74, 6) is 0.184. The summed E-state index contributed by atoms with van der Waals surface area (Å²) in [5.41, 5.74) is 3.07. The number of carbonyl (C=O) groups is 1. The summed E-state index contributed by atoms with van der Waals surface area (Å²) in [6.45, 7) is 12.9. The fraction of sp³-hybridized carbons (Fsp3) is 0.706. The normalized spacial score (nSPS) is 12.2. The van der Waals surface area contributed by atoms with Crippen molar-refractivity contribution in [2.75, 3.05) is 33.7 Å². The van der Waals surface area contributed by atoms with Crippen LogP contribution in [0.3, 0.4) is 0 Å². The molecule has 0 aliphatic heterocycles. The molecule has 0 radical (unpaired) electrons. The Morgan fingerprint density at radius 3 is 2.38 bits per heavy atom. The largest absolute Gasteiger partial charge is 0.343 e. The quantitative estimate of drug-likeness (QED) is 0.620. The van der Waals surface area contributed by atoms with E-state index in [1.54, 1.807) is 0 Å². The number of hydrogen-bond acceptors (Lipinski definition) is 3. The Kier molecular flexibility index (Phi) is 6.17. The fourth-order valence-electron chi connectivity index (χ4n) is 2.89. The molecule has 120 valence electrons. The average Bonchev–Trinajstić information content (AvgIpc) is 2.63. The number of nitrogens with one attached hydrogen (secondary N) is 1. The maximum absolute atomic E-state index is 12.4. The molecule has 0 unspecified atom stereocenters. The minimum atomic E-state index is 0.00579. The molecule has 1 rings (SSSR count). The predicted molar refractivity (Wildman–Crippen MR) is 89.3 cm³/mol. The van der Waals surface area contributed by atoms with Gasteiger partial charge in [-0.2, -0.15) is 0 Å². The Morgan fingerprint density at radius 1 is 1.29 bits per heavy atom. The van der Waals surface area contributed by atoms with Gasteiger partial charge >= 0.3 is 0 Å². The molecule has 4 heteroatoms. The molecule has 0 fully saturated rings. The Labute approximate surface area is 129 Å². The molecule has 0 atom stereocenters. The van der Waals surface area contributed by atoms with E-state index in [9.17, 15) is 4.79 Å². The Bertz CT molecular complexity index is 481. The fourth-order valence-corrected chi connectivity index (χ4v) is 2.89. The van der Waals surface area contributed by atoms with Crippen LogP contribution in [-0.4, -0.2) is 49.0 Å². The minimum absolute atomic E-state index is 0.00579. The molecular weight excluding hydrogens is 262 g/mol. The molecule has 0 amide bonds. The first kappa shape index (κ1) is 17.9. The third kappa shape index (κ3) is 4.97. The first-order valence-corrected chi connectivity index (χ1v) is 7.72. The van der Waals surface area contributed by atoms with Crippen molar-refractivity contribution in [1.29, 1.82) is 0 Å². The first-order chi connectivity index (χ1) is 9.64. The lowest BCUT2D eigenvalue weighted by Gasteiger charge is -2.25. The molecule has 4 nitrogen and oxygen atoms in total. The molecule has 0 aliphatic rings. The van der Waals surface area contributed by atoms with Crippen molar-refractivity contribution in [2.45, 2.75) is 46.6 Å². The van der Waals surface area contributed by atoms with Crippen molar-refractivity contribution >= 4 is 5.78 Å². The number of nitrogens with zero attached hydrogens (tertiary/aromatic N) is 2. The average molecular weight is 293 g/mol. The molecule has 1 N–H and O–H groups in total. The van der Waals surface area contributed by atoms with E-state index in [0.717, 1.165) is 36.5 Å². The van der Waals surface area contributed by atoms with Crippen LogP contribution < -0.4 is 5.32 Å². The molecule has 21 heavy (non-hydrogen) atoms. The number of ketones is 1. The van der Waals surface area contributed by atoms with Gasteiger partial charge in [0.05, 0.1) is 6.54 Å². The maximum atomic E-state index is 12.4. The Balaban J connectivity index is 2.64. The summed E-state index contributed by atoms with van der Waals surface area (Å²) >= 11 is 0. The highest BCUT2D eigenvalue weighted by atomic mass is 16.1. The van der Waals surface area contributed by atoms with Gasteiger partial charge in [-0.25, -0.2) is 0 Å². The standard InChI is InChI=1S/C17H31N3O/c1-13-11-15(14(2)20(13)17(3,4)5)16(21)12-18-9-8-10-19(6)7/h11,18H,8-10,12H2,1-7H3. The highest BCUT2D eigenvalue weighted by molar-refractivity contribution is 5.99. The van der Waals surface area contributed by atoms with E-state index in [4.69, 9.17) is 0 Å². The monoisotopic (exact) mass is 293 g/mol. The summed E-state index contributed by atoms with van der Waals surface area (Å²) in [6, 6.07) is 2.02. The topological polar surface area (TPSA) is 37.3 Å². The van der Waals surface area contributed by atoms with Gasteiger partial charge in [0.25, 0.3) is 0 Å². The molecule has 0 bridgehead atoms. The number of aromatic nitrogens is 1. The lowest BCUT2D eigenvalue weighted by atomic mass is 10.1. The van der Waals surface area contributed by atoms with Gasteiger partial charge in [-0.3, -0.25) is 4.79 Å². The van der Waals surface area contributed by atoms with Crippen LogP contribution in [0.1, 0.15) is 48.9 Å². The number of rotatable bonds is 7. The van der Waals surface area contributed by atoms with Gasteiger partial charge in [-0.15, -0.1) is 0 Å². The van der Waals surface area contributed by atoms with E-state index in [1.165, 1.54) is 0 Å². The molecule has 0 saturated heterocycles. The van der Waals surface area contributed by atoms with Crippen LogP contribution in [0.4, 0.5) is 0 Å². The third-order valence-corrected chi connectivity index (χ3v) is 3.65. The molecule has 0 aromatic carbocycles. The van der Waals surface area contributed by atoms with Crippen LogP contribution in [0.15, 0.2) is 6.07 Å². The smallest absolute Gasteiger partial charge is 0.178 e. The van der Waals surface area contributed by atoms with E-state index in [1.807, 2.05) is 13.0 Å². The minimum Gasteiger partial charge on any atom is -0.343 e. The van der Waals surface area contributed by atoms with Crippen LogP contribution in [0.2, 0.25) is 0 Å². The zero-order valence-corrected chi connectivity index (χ0v) is 14.7. The zero-order valence-electron chi connectivity index (χ0n) is 14.7. The number of hydrogen-bond donors (Lipinski definition) is 1. The van der Waals surface area contributed by atoms with Gasteiger partial charge in [0.1, 0.15) is 0 Å². The van der Waals surface area contributed by atoms with Gasteiger partial charge in [-0.05, 0) is 74.3 Å². The summed E-state index contributed by atoms with van der Waals surface area (Å²) in [7, 11) is 4.12. The predicted octanol–water partition coefficient (Wildman–Crippen LogP) is 2.58.